The standard InChI is InChI=1S/C42H70O14/c1-19(2)20(3)9-10-21(4)30-26(16-24-29-23(12-14-42(24,30)6)41(5)13-11-22(43)15-25(41)31(44)34(29)47)53-40-37(50)38(33(46)28(55-40)18-52-8)56-39-36(49)35(48)32(45)27(54-39)17-51-7/h19,21-23,25-28,30-40,43-50H,3,9-18H2,1-2,4-8H3/t21-,22+,23+,25-,26-,27-,28-,30+,31+,32+,33+,34-,35+,36-,37-,38+,39+,40-,41-,42+/m1/s1. The van der Waals surface area contributed by atoms with E-state index in [1.165, 1.54) is 14.2 Å². The van der Waals surface area contributed by atoms with Crippen LogP contribution >= 0.6 is 0 Å². The Morgan fingerprint density at radius 1 is 0.786 bits per heavy atom. The van der Waals surface area contributed by atoms with Gasteiger partial charge in [0.15, 0.2) is 12.6 Å². The van der Waals surface area contributed by atoms with Gasteiger partial charge in [-0.15, -0.1) is 0 Å². The monoisotopic (exact) mass is 798 g/mol. The molecular formula is C42H70O14. The lowest BCUT2D eigenvalue weighted by Crippen LogP contribution is -2.65. The Balaban J connectivity index is 1.33. The second kappa shape index (κ2) is 17.5. The summed E-state index contributed by atoms with van der Waals surface area (Å²) in [6, 6.07) is 0. The highest BCUT2D eigenvalue weighted by Crippen LogP contribution is 2.66. The van der Waals surface area contributed by atoms with Gasteiger partial charge in [-0.1, -0.05) is 52.3 Å². The van der Waals surface area contributed by atoms with E-state index in [0.717, 1.165) is 48.8 Å². The van der Waals surface area contributed by atoms with Gasteiger partial charge in [0, 0.05) is 14.2 Å². The van der Waals surface area contributed by atoms with Crippen molar-refractivity contribution in [2.24, 2.45) is 40.4 Å². The molecule has 56 heavy (non-hydrogen) atoms. The van der Waals surface area contributed by atoms with Gasteiger partial charge in [-0.05, 0) is 97.4 Å². The van der Waals surface area contributed by atoms with Crippen molar-refractivity contribution in [3.63, 3.8) is 0 Å². The summed E-state index contributed by atoms with van der Waals surface area (Å²) in [7, 11) is 2.85. The molecule has 2 heterocycles. The third kappa shape index (κ3) is 7.95. The number of hydrogen-bond donors (Lipinski definition) is 8. The van der Waals surface area contributed by atoms with Crippen molar-refractivity contribution in [2.45, 2.75) is 172 Å². The van der Waals surface area contributed by atoms with Crippen LogP contribution in [0.15, 0.2) is 23.3 Å². The van der Waals surface area contributed by atoms with E-state index in [-0.39, 0.29) is 42.3 Å². The summed E-state index contributed by atoms with van der Waals surface area (Å²) >= 11 is 0. The number of methoxy groups -OCH3 is 2. The number of ether oxygens (including phenoxy) is 6. The number of hydrogen-bond acceptors (Lipinski definition) is 14. The van der Waals surface area contributed by atoms with Gasteiger partial charge in [-0.25, -0.2) is 0 Å². The topological polar surface area (TPSA) is 217 Å². The lowest BCUT2D eigenvalue weighted by molar-refractivity contribution is -0.365. The van der Waals surface area contributed by atoms with Crippen molar-refractivity contribution in [3.05, 3.63) is 23.3 Å². The lowest BCUT2D eigenvalue weighted by Gasteiger charge is -2.59. The fourth-order valence-corrected chi connectivity index (χ4v) is 11.7. The number of aliphatic hydroxyl groups excluding tert-OH is 8. The molecular weight excluding hydrogens is 728 g/mol. The molecule has 2 saturated heterocycles. The van der Waals surface area contributed by atoms with Crippen molar-refractivity contribution in [1.29, 1.82) is 0 Å². The lowest BCUT2D eigenvalue weighted by atomic mass is 9.47. The summed E-state index contributed by atoms with van der Waals surface area (Å²) in [5.41, 5.74) is 2.43. The Bertz CT molecular complexity index is 1390. The van der Waals surface area contributed by atoms with Crippen LogP contribution in [0.5, 0.6) is 0 Å². The van der Waals surface area contributed by atoms with Gasteiger partial charge in [0.2, 0.25) is 0 Å². The molecule has 0 amide bonds. The average Bonchev–Trinajstić information content (AvgIpc) is 3.45. The predicted molar refractivity (Wildman–Crippen MR) is 203 cm³/mol. The van der Waals surface area contributed by atoms with Crippen molar-refractivity contribution in [1.82, 2.24) is 0 Å². The van der Waals surface area contributed by atoms with E-state index in [4.69, 9.17) is 28.4 Å². The summed E-state index contributed by atoms with van der Waals surface area (Å²) in [4.78, 5) is 0. The number of aliphatic hydroxyl groups is 8. The van der Waals surface area contributed by atoms with Gasteiger partial charge in [-0.3, -0.25) is 0 Å². The zero-order valence-corrected chi connectivity index (χ0v) is 34.3. The SMILES string of the molecule is C=C(CC[C@@H](C)[C@H]1[C@H](O[C@@H]2O[C@H](COC)[C@H](O)[C@H](O[C@@H]3O[C@H](COC)[C@H](O)[C@H](O)[C@H]3O)[C@H]2O)CC2=C3[C@@H](O)[C@@H](O)[C@H]4C[C@@H](O)CC[C@]4(C)[C@H]3CC[C@@]21C)C(C)C. The summed E-state index contributed by atoms with van der Waals surface area (Å²) in [6.07, 6.45) is -11.7. The highest BCUT2D eigenvalue weighted by molar-refractivity contribution is 5.39. The fourth-order valence-electron chi connectivity index (χ4n) is 11.7. The van der Waals surface area contributed by atoms with Crippen LogP contribution in [-0.2, 0) is 28.4 Å². The van der Waals surface area contributed by atoms with Gasteiger partial charge < -0.3 is 69.3 Å². The molecule has 6 aliphatic rings. The molecule has 0 aromatic rings. The third-order valence-electron chi connectivity index (χ3n) is 15.1. The maximum atomic E-state index is 12.0. The molecule has 14 nitrogen and oxygen atoms in total. The molecule has 322 valence electrons. The van der Waals surface area contributed by atoms with Crippen LogP contribution in [0.2, 0.25) is 0 Å². The van der Waals surface area contributed by atoms with Crippen molar-refractivity contribution in [3.8, 4) is 0 Å². The Labute approximate surface area is 331 Å². The Morgan fingerprint density at radius 2 is 1.41 bits per heavy atom. The van der Waals surface area contributed by atoms with Crippen molar-refractivity contribution >= 4 is 0 Å². The predicted octanol–water partition coefficient (Wildman–Crippen LogP) is 1.57. The number of allylic oxidation sites excluding steroid dienone is 1. The van der Waals surface area contributed by atoms with Crippen LogP contribution in [0.4, 0.5) is 0 Å². The van der Waals surface area contributed by atoms with Gasteiger partial charge >= 0.3 is 0 Å². The minimum absolute atomic E-state index is 0.0326. The van der Waals surface area contributed by atoms with Crippen LogP contribution in [0.3, 0.4) is 0 Å². The summed E-state index contributed by atoms with van der Waals surface area (Å²) in [6.45, 7) is 15.1. The smallest absolute Gasteiger partial charge is 0.187 e. The zero-order chi connectivity index (χ0) is 41.0. The van der Waals surface area contributed by atoms with Crippen LogP contribution in [0, 0.1) is 40.4 Å². The quantitative estimate of drug-likeness (QED) is 0.124. The summed E-state index contributed by atoms with van der Waals surface area (Å²) in [5.74, 6) is 0.157. The largest absolute Gasteiger partial charge is 0.393 e. The minimum Gasteiger partial charge on any atom is -0.393 e. The van der Waals surface area contributed by atoms with Crippen LogP contribution < -0.4 is 0 Å². The van der Waals surface area contributed by atoms with Crippen molar-refractivity contribution in [2.75, 3.05) is 27.4 Å². The van der Waals surface area contributed by atoms with Crippen LogP contribution in [-0.4, -0.2) is 154 Å². The normalized spacial score (nSPS) is 48.7. The molecule has 0 spiro atoms. The maximum Gasteiger partial charge on any atom is 0.187 e. The first-order chi connectivity index (χ1) is 26.4. The van der Waals surface area contributed by atoms with Gasteiger partial charge in [0.25, 0.3) is 0 Å². The first-order valence-corrected chi connectivity index (χ1v) is 20.8. The molecule has 5 fully saturated rings. The van der Waals surface area contributed by atoms with E-state index in [2.05, 4.69) is 41.2 Å². The number of rotatable bonds is 13. The zero-order valence-electron chi connectivity index (χ0n) is 34.3. The first-order valence-electron chi connectivity index (χ1n) is 20.8. The molecule has 2 aliphatic heterocycles. The van der Waals surface area contributed by atoms with Crippen molar-refractivity contribution < 1.29 is 69.3 Å². The molecule has 0 aromatic heterocycles. The molecule has 0 unspecified atom stereocenters. The average molecular weight is 799 g/mol. The molecule has 3 saturated carbocycles. The third-order valence-corrected chi connectivity index (χ3v) is 15.1. The Kier molecular flexibility index (Phi) is 13.9. The second-order valence-corrected chi connectivity index (χ2v) is 18.7. The highest BCUT2D eigenvalue weighted by atomic mass is 16.7. The van der Waals surface area contributed by atoms with E-state index in [1.54, 1.807) is 0 Å². The Hall–Kier alpha value is -1.08. The summed E-state index contributed by atoms with van der Waals surface area (Å²) < 4.78 is 35.5. The molecule has 0 aromatic carbocycles. The van der Waals surface area contributed by atoms with E-state index < -0.39 is 91.2 Å². The molecule has 4 aliphatic carbocycles. The van der Waals surface area contributed by atoms with E-state index >= 15 is 0 Å². The van der Waals surface area contributed by atoms with E-state index in [9.17, 15) is 40.9 Å². The molecule has 8 N–H and O–H groups in total. The fraction of sp³-hybridized carbons (Fsp3) is 0.905. The second-order valence-electron chi connectivity index (χ2n) is 18.7. The maximum absolute atomic E-state index is 12.0. The van der Waals surface area contributed by atoms with Gasteiger partial charge in [-0.2, -0.15) is 0 Å². The van der Waals surface area contributed by atoms with Gasteiger partial charge in [0.1, 0.15) is 54.9 Å². The van der Waals surface area contributed by atoms with E-state index in [1.807, 2.05) is 0 Å². The van der Waals surface area contributed by atoms with Crippen LogP contribution in [0.25, 0.3) is 0 Å². The highest BCUT2D eigenvalue weighted by Gasteiger charge is 2.63. The first kappa shape index (κ1) is 44.5. The molecule has 14 heteroatoms. The van der Waals surface area contributed by atoms with Gasteiger partial charge in [0.05, 0.1) is 31.5 Å². The van der Waals surface area contributed by atoms with Crippen LogP contribution in [0.1, 0.15) is 86.0 Å². The molecule has 6 rings (SSSR count). The Morgan fingerprint density at radius 3 is 2.04 bits per heavy atom. The summed E-state index contributed by atoms with van der Waals surface area (Å²) in [5, 5.41) is 89.6. The molecule has 20 atom stereocenters. The molecule has 0 bridgehead atoms. The van der Waals surface area contributed by atoms with E-state index in [0.29, 0.717) is 25.2 Å². The molecule has 0 radical (unpaired) electrons. The minimum atomic E-state index is -1.71. The number of fused-ring (bicyclic) bond motifs is 4.